The molecule has 0 aliphatic carbocycles. The Labute approximate surface area is 84.1 Å². The van der Waals surface area contributed by atoms with Crippen molar-refractivity contribution in [3.05, 3.63) is 25.3 Å². The Hall–Kier alpha value is -0.560. The highest BCUT2D eigenvalue weighted by Crippen LogP contribution is 1.94. The lowest BCUT2D eigenvalue weighted by atomic mass is 10.3. The number of hydrogen-bond acceptors (Lipinski definition) is 1. The van der Waals surface area contributed by atoms with Crippen molar-refractivity contribution in [1.82, 2.24) is 4.90 Å². The minimum Gasteiger partial charge on any atom is -0.296 e. The van der Waals surface area contributed by atoms with Crippen LogP contribution in [-0.2, 0) is 0 Å². The number of rotatable bonds is 7. The van der Waals surface area contributed by atoms with E-state index in [2.05, 4.69) is 25.0 Å². The van der Waals surface area contributed by atoms with Crippen LogP contribution in [-0.4, -0.2) is 24.5 Å². The molecule has 0 rings (SSSR count). The Balaban J connectivity index is 0. The second-order valence-electron chi connectivity index (χ2n) is 2.69. The maximum atomic E-state index is 3.71. The molecule has 0 fully saturated rings. The molecule has 0 aliphatic heterocycles. The topological polar surface area (TPSA) is 3.24 Å². The van der Waals surface area contributed by atoms with Gasteiger partial charge in [-0.15, -0.1) is 13.2 Å². The summed E-state index contributed by atoms with van der Waals surface area (Å²) in [5.74, 6) is 0. The highest BCUT2D eigenvalue weighted by Gasteiger charge is 1.97. The summed E-state index contributed by atoms with van der Waals surface area (Å²) >= 11 is 0. The van der Waals surface area contributed by atoms with Gasteiger partial charge < -0.3 is 0 Å². The van der Waals surface area contributed by atoms with E-state index in [0.717, 1.165) is 19.6 Å². The van der Waals surface area contributed by atoms with E-state index in [1.54, 1.807) is 0 Å². The van der Waals surface area contributed by atoms with Crippen LogP contribution in [0.1, 0.15) is 33.6 Å². The second-order valence-corrected chi connectivity index (χ2v) is 2.69. The van der Waals surface area contributed by atoms with E-state index >= 15 is 0 Å². The van der Waals surface area contributed by atoms with E-state index in [9.17, 15) is 0 Å². The molecule has 1 nitrogen and oxygen atoms in total. The molecule has 1 heteroatoms. The third-order valence-electron chi connectivity index (χ3n) is 1.60. The van der Waals surface area contributed by atoms with Crippen molar-refractivity contribution in [3.63, 3.8) is 0 Å². The normalized spacial score (nSPS) is 8.92. The molecular weight excluding hydrogens is 158 g/mol. The van der Waals surface area contributed by atoms with Crippen LogP contribution < -0.4 is 0 Å². The van der Waals surface area contributed by atoms with Gasteiger partial charge in [-0.25, -0.2) is 0 Å². The first-order chi connectivity index (χ1) is 6.35. The Morgan fingerprint density at radius 3 is 1.85 bits per heavy atom. The molecule has 0 atom stereocenters. The summed E-state index contributed by atoms with van der Waals surface area (Å²) in [5.41, 5.74) is 0. The highest BCUT2D eigenvalue weighted by atomic mass is 15.1. The molecule has 0 aromatic carbocycles. The number of hydrogen-bond donors (Lipinski definition) is 0. The molecule has 0 N–H and O–H groups in total. The minimum absolute atomic E-state index is 0.978. The predicted molar refractivity (Wildman–Crippen MR) is 63.1 cm³/mol. The lowest BCUT2D eigenvalue weighted by Gasteiger charge is -2.17. The molecule has 0 aromatic rings. The smallest absolute Gasteiger partial charge is 0.0163 e. The van der Waals surface area contributed by atoms with Crippen LogP contribution in [0.2, 0.25) is 0 Å². The van der Waals surface area contributed by atoms with Crippen molar-refractivity contribution in [2.75, 3.05) is 19.6 Å². The summed E-state index contributed by atoms with van der Waals surface area (Å²) < 4.78 is 0. The molecule has 0 amide bonds. The van der Waals surface area contributed by atoms with E-state index < -0.39 is 0 Å². The van der Waals surface area contributed by atoms with Crippen LogP contribution in [0.25, 0.3) is 0 Å². The largest absolute Gasteiger partial charge is 0.296 e. The van der Waals surface area contributed by atoms with Gasteiger partial charge in [-0.3, -0.25) is 4.90 Å². The minimum atomic E-state index is 0.978. The van der Waals surface area contributed by atoms with Crippen LogP contribution in [0.4, 0.5) is 0 Å². The molecule has 13 heavy (non-hydrogen) atoms. The fourth-order valence-electron chi connectivity index (χ4n) is 1.00. The Morgan fingerprint density at radius 2 is 1.54 bits per heavy atom. The molecule has 78 valence electrons. The van der Waals surface area contributed by atoms with E-state index in [-0.39, 0.29) is 0 Å². The standard InChI is InChI=1S/C10H19N.C2H6/c1-4-7-10-11(8-5-2)9-6-3;1-2/h5-6H,2-4,7-10H2,1H3;1-2H3. The zero-order chi connectivity index (χ0) is 10.5. The van der Waals surface area contributed by atoms with Gasteiger partial charge in [0.05, 0.1) is 0 Å². The maximum absolute atomic E-state index is 3.71. The first-order valence-corrected chi connectivity index (χ1v) is 5.29. The van der Waals surface area contributed by atoms with Crippen molar-refractivity contribution in [3.8, 4) is 0 Å². The Bertz CT molecular complexity index is 97.7. The number of unbranched alkanes of at least 4 members (excludes halogenated alkanes) is 1. The summed E-state index contributed by atoms with van der Waals surface area (Å²) in [6.07, 6.45) is 6.41. The molecule has 0 radical (unpaired) electrons. The second kappa shape index (κ2) is 14.0. The van der Waals surface area contributed by atoms with Gasteiger partial charge in [0.2, 0.25) is 0 Å². The molecule has 0 aliphatic rings. The average Bonchev–Trinajstić information content (AvgIpc) is 2.18. The third kappa shape index (κ3) is 11.4. The average molecular weight is 183 g/mol. The molecule has 0 bridgehead atoms. The first kappa shape index (κ1) is 14.9. The fourth-order valence-corrected chi connectivity index (χ4v) is 1.00. The molecule has 0 aromatic heterocycles. The van der Waals surface area contributed by atoms with E-state index in [4.69, 9.17) is 0 Å². The molecule has 0 heterocycles. The van der Waals surface area contributed by atoms with Crippen LogP contribution in [0.5, 0.6) is 0 Å². The molecule has 0 saturated heterocycles. The van der Waals surface area contributed by atoms with Crippen molar-refractivity contribution in [2.45, 2.75) is 33.6 Å². The monoisotopic (exact) mass is 183 g/mol. The summed E-state index contributed by atoms with van der Waals surface area (Å²) in [5, 5.41) is 0. The van der Waals surface area contributed by atoms with Crippen molar-refractivity contribution in [2.24, 2.45) is 0 Å². The van der Waals surface area contributed by atoms with E-state index in [1.807, 2.05) is 26.0 Å². The highest BCUT2D eigenvalue weighted by molar-refractivity contribution is 4.79. The van der Waals surface area contributed by atoms with Crippen molar-refractivity contribution in [1.29, 1.82) is 0 Å². The summed E-state index contributed by atoms with van der Waals surface area (Å²) in [6.45, 7) is 16.8. The third-order valence-corrected chi connectivity index (χ3v) is 1.60. The van der Waals surface area contributed by atoms with Gasteiger partial charge >= 0.3 is 0 Å². The SMILES string of the molecule is C=CCN(CC=C)CCCC.CC. The van der Waals surface area contributed by atoms with Crippen LogP contribution in [0.15, 0.2) is 25.3 Å². The molecule has 0 unspecified atom stereocenters. The van der Waals surface area contributed by atoms with Gasteiger partial charge in [0, 0.05) is 13.1 Å². The Kier molecular flexibility index (Phi) is 16.1. The molecule has 0 saturated carbocycles. The van der Waals surface area contributed by atoms with Crippen molar-refractivity contribution < 1.29 is 0 Å². The summed E-state index contributed by atoms with van der Waals surface area (Å²) in [4.78, 5) is 2.34. The van der Waals surface area contributed by atoms with Gasteiger partial charge in [-0.1, -0.05) is 39.3 Å². The zero-order valence-corrected chi connectivity index (χ0v) is 9.55. The Morgan fingerprint density at radius 1 is 1.08 bits per heavy atom. The molecular formula is C12H25N. The first-order valence-electron chi connectivity index (χ1n) is 5.29. The van der Waals surface area contributed by atoms with E-state index in [0.29, 0.717) is 0 Å². The van der Waals surface area contributed by atoms with Crippen LogP contribution in [0, 0.1) is 0 Å². The number of nitrogens with zero attached hydrogens (tertiary/aromatic N) is 1. The van der Waals surface area contributed by atoms with E-state index in [1.165, 1.54) is 12.8 Å². The van der Waals surface area contributed by atoms with Gasteiger partial charge in [0.25, 0.3) is 0 Å². The zero-order valence-electron chi connectivity index (χ0n) is 9.55. The van der Waals surface area contributed by atoms with Gasteiger partial charge in [-0.05, 0) is 13.0 Å². The van der Waals surface area contributed by atoms with Crippen LogP contribution >= 0.6 is 0 Å². The lowest BCUT2D eigenvalue weighted by Crippen LogP contribution is -2.24. The fraction of sp³-hybridized carbons (Fsp3) is 0.667. The summed E-state index contributed by atoms with van der Waals surface area (Å²) in [6, 6.07) is 0. The summed E-state index contributed by atoms with van der Waals surface area (Å²) in [7, 11) is 0. The predicted octanol–water partition coefficient (Wildman–Crippen LogP) is 3.49. The maximum Gasteiger partial charge on any atom is 0.0163 e. The van der Waals surface area contributed by atoms with Gasteiger partial charge in [-0.2, -0.15) is 0 Å². The lowest BCUT2D eigenvalue weighted by molar-refractivity contribution is 0.329. The van der Waals surface area contributed by atoms with Crippen molar-refractivity contribution >= 4 is 0 Å². The molecule has 0 spiro atoms. The van der Waals surface area contributed by atoms with Crippen LogP contribution in [0.3, 0.4) is 0 Å². The quantitative estimate of drug-likeness (QED) is 0.546. The van der Waals surface area contributed by atoms with Gasteiger partial charge in [0.15, 0.2) is 0 Å². The van der Waals surface area contributed by atoms with Gasteiger partial charge in [0.1, 0.15) is 0 Å².